The normalized spacial score (nSPS) is 16.3. The minimum absolute atomic E-state index is 0.0295. The molecule has 0 spiro atoms. The lowest BCUT2D eigenvalue weighted by Crippen LogP contribution is -2.32. The number of aromatic amines is 1. The van der Waals surface area contributed by atoms with Gasteiger partial charge in [-0.15, -0.1) is 0 Å². The second-order valence-electron chi connectivity index (χ2n) is 6.23. The largest absolute Gasteiger partial charge is 0.494 e. The number of H-pyrrole nitrogens is 1. The van der Waals surface area contributed by atoms with Crippen LogP contribution in [0.15, 0.2) is 39.0 Å². The highest BCUT2D eigenvalue weighted by Gasteiger charge is 2.26. The third-order valence-electron chi connectivity index (χ3n) is 4.76. The molecule has 0 amide bonds. The summed E-state index contributed by atoms with van der Waals surface area (Å²) in [6, 6.07) is 8.12. The van der Waals surface area contributed by atoms with Gasteiger partial charge in [-0.2, -0.15) is 5.10 Å². The highest BCUT2D eigenvalue weighted by molar-refractivity contribution is 6.03. The summed E-state index contributed by atoms with van der Waals surface area (Å²) in [6.45, 7) is 6.12. The van der Waals surface area contributed by atoms with Gasteiger partial charge in [-0.05, 0) is 31.5 Å². The van der Waals surface area contributed by atoms with Crippen LogP contribution in [0.1, 0.15) is 37.4 Å². The summed E-state index contributed by atoms with van der Waals surface area (Å²) in [5.41, 5.74) is 4.37. The summed E-state index contributed by atoms with van der Waals surface area (Å²) >= 11 is 0. The number of aromatic hydroxyl groups is 1. The Balaban J connectivity index is 1.82. The van der Waals surface area contributed by atoms with Gasteiger partial charge < -0.3 is 15.4 Å². The number of hydrogen-bond donors (Lipinski definition) is 3. The number of hydrazone groups is 1. The number of nitrogens with one attached hydrogen (secondary N) is 2. The zero-order chi connectivity index (χ0) is 18.8. The molecule has 0 bridgehead atoms. The number of rotatable bonds is 5. The first-order valence-electron chi connectivity index (χ1n) is 8.65. The Morgan fingerprint density at radius 3 is 2.50 bits per heavy atom. The van der Waals surface area contributed by atoms with Gasteiger partial charge in [-0.3, -0.25) is 14.3 Å². The summed E-state index contributed by atoms with van der Waals surface area (Å²) in [5, 5.41) is 14.4. The van der Waals surface area contributed by atoms with Crippen molar-refractivity contribution in [2.75, 3.05) is 18.0 Å². The number of aromatic nitrogens is 2. The molecule has 8 heteroatoms. The van der Waals surface area contributed by atoms with Crippen LogP contribution in [-0.4, -0.2) is 33.5 Å². The molecular weight excluding hydrogens is 334 g/mol. The third-order valence-corrected chi connectivity index (χ3v) is 4.76. The molecule has 1 aromatic heterocycles. The molecule has 0 radical (unpaired) electrons. The summed E-state index contributed by atoms with van der Waals surface area (Å²) in [7, 11) is 1.39. The van der Waals surface area contributed by atoms with Crippen molar-refractivity contribution in [1.82, 2.24) is 15.0 Å². The number of anilines is 1. The fraction of sp³-hybridized carbons (Fsp3) is 0.389. The van der Waals surface area contributed by atoms with Crippen molar-refractivity contribution in [2.45, 2.75) is 26.3 Å². The Morgan fingerprint density at radius 2 is 1.88 bits per heavy atom. The zero-order valence-corrected chi connectivity index (χ0v) is 15.1. The maximum atomic E-state index is 12.1. The minimum Gasteiger partial charge on any atom is -0.494 e. The van der Waals surface area contributed by atoms with Crippen LogP contribution in [0.5, 0.6) is 5.88 Å². The molecular formula is C18H23N5O3. The molecule has 0 aliphatic carbocycles. The molecule has 2 aromatic rings. The lowest BCUT2D eigenvalue weighted by molar-refractivity contribution is 0.416. The van der Waals surface area contributed by atoms with Crippen LogP contribution in [-0.2, 0) is 7.05 Å². The predicted octanol–water partition coefficient (Wildman–Crippen LogP) is 1.06. The second kappa shape index (κ2) is 7.07. The molecule has 138 valence electrons. The van der Waals surface area contributed by atoms with Crippen molar-refractivity contribution < 1.29 is 5.11 Å². The first-order valence-corrected chi connectivity index (χ1v) is 8.65. The van der Waals surface area contributed by atoms with Crippen molar-refractivity contribution in [2.24, 2.45) is 12.1 Å². The van der Waals surface area contributed by atoms with E-state index in [4.69, 9.17) is 0 Å². The van der Waals surface area contributed by atoms with E-state index < -0.39 is 11.2 Å². The van der Waals surface area contributed by atoms with Crippen LogP contribution >= 0.6 is 0 Å². The van der Waals surface area contributed by atoms with Gasteiger partial charge in [0.25, 0.3) is 5.56 Å². The Hall–Kier alpha value is -3.03. The van der Waals surface area contributed by atoms with Gasteiger partial charge in [0, 0.05) is 32.2 Å². The molecule has 0 saturated carbocycles. The highest BCUT2D eigenvalue weighted by atomic mass is 16.3. The van der Waals surface area contributed by atoms with E-state index in [-0.39, 0.29) is 17.5 Å². The summed E-state index contributed by atoms with van der Waals surface area (Å²) < 4.78 is 0.992. The van der Waals surface area contributed by atoms with Crippen molar-refractivity contribution in [3.8, 4) is 5.88 Å². The Morgan fingerprint density at radius 1 is 1.23 bits per heavy atom. The first kappa shape index (κ1) is 17.8. The topological polar surface area (TPSA) is 103 Å². The van der Waals surface area contributed by atoms with Gasteiger partial charge in [0.05, 0.1) is 11.8 Å². The predicted molar refractivity (Wildman–Crippen MR) is 101 cm³/mol. The average molecular weight is 357 g/mol. The van der Waals surface area contributed by atoms with Gasteiger partial charge >= 0.3 is 5.69 Å². The van der Waals surface area contributed by atoms with Crippen LogP contribution in [0.3, 0.4) is 0 Å². The van der Waals surface area contributed by atoms with E-state index >= 15 is 0 Å². The van der Waals surface area contributed by atoms with E-state index in [0.717, 1.165) is 28.9 Å². The SMILES string of the molecule is CCN(CC)c1ccc([C@@H]2CC(c3c(O)n(C)c(=O)[nH]c3=O)=NN2)cc1. The Kier molecular flexibility index (Phi) is 4.83. The highest BCUT2D eigenvalue weighted by Crippen LogP contribution is 2.27. The maximum Gasteiger partial charge on any atom is 0.330 e. The van der Waals surface area contributed by atoms with Crippen LogP contribution < -0.4 is 21.6 Å². The van der Waals surface area contributed by atoms with Crippen molar-refractivity contribution in [3.05, 3.63) is 56.2 Å². The summed E-state index contributed by atoms with van der Waals surface area (Å²) in [5.74, 6) is -0.378. The van der Waals surface area contributed by atoms with Gasteiger partial charge in [-0.25, -0.2) is 4.79 Å². The molecule has 0 unspecified atom stereocenters. The quantitative estimate of drug-likeness (QED) is 0.743. The van der Waals surface area contributed by atoms with E-state index in [2.05, 4.69) is 46.4 Å². The van der Waals surface area contributed by atoms with E-state index in [0.29, 0.717) is 12.1 Å². The molecule has 1 atom stereocenters. The first-order chi connectivity index (χ1) is 12.5. The smallest absolute Gasteiger partial charge is 0.330 e. The monoisotopic (exact) mass is 357 g/mol. The fourth-order valence-corrected chi connectivity index (χ4v) is 3.17. The lowest BCUT2D eigenvalue weighted by Gasteiger charge is -2.21. The number of hydrogen-bond acceptors (Lipinski definition) is 6. The number of nitrogens with zero attached hydrogens (tertiary/aromatic N) is 3. The summed E-state index contributed by atoms with van der Waals surface area (Å²) in [4.78, 5) is 28.1. The molecule has 1 aromatic carbocycles. The van der Waals surface area contributed by atoms with Crippen LogP contribution in [0.2, 0.25) is 0 Å². The van der Waals surface area contributed by atoms with Gasteiger partial charge in [0.15, 0.2) is 0 Å². The zero-order valence-electron chi connectivity index (χ0n) is 15.1. The molecule has 1 aliphatic rings. The molecule has 2 heterocycles. The fourth-order valence-electron chi connectivity index (χ4n) is 3.17. The number of benzene rings is 1. The Labute approximate surface area is 150 Å². The second-order valence-corrected chi connectivity index (χ2v) is 6.23. The van der Waals surface area contributed by atoms with Crippen molar-refractivity contribution >= 4 is 11.4 Å². The average Bonchev–Trinajstić information content (AvgIpc) is 3.11. The van der Waals surface area contributed by atoms with Crippen LogP contribution in [0.4, 0.5) is 5.69 Å². The van der Waals surface area contributed by atoms with Crippen LogP contribution in [0, 0.1) is 0 Å². The molecule has 26 heavy (non-hydrogen) atoms. The van der Waals surface area contributed by atoms with E-state index in [1.54, 1.807) is 0 Å². The van der Waals surface area contributed by atoms with E-state index in [9.17, 15) is 14.7 Å². The van der Waals surface area contributed by atoms with Gasteiger partial charge in [0.1, 0.15) is 5.56 Å². The third kappa shape index (κ3) is 3.10. The standard InChI is InChI=1S/C18H23N5O3/c1-4-23(5-2)12-8-6-11(7-9-12)13-10-14(21-20-13)15-16(24)19-18(26)22(3)17(15)25/h6-9,13,20,25H,4-5,10H2,1-3H3,(H,19,24,26)/t13-/m0/s1. The maximum absolute atomic E-state index is 12.1. The van der Waals surface area contributed by atoms with E-state index in [1.165, 1.54) is 7.05 Å². The molecule has 8 nitrogen and oxygen atoms in total. The minimum atomic E-state index is -0.661. The van der Waals surface area contributed by atoms with E-state index in [1.807, 2.05) is 12.1 Å². The van der Waals surface area contributed by atoms with Crippen molar-refractivity contribution in [1.29, 1.82) is 0 Å². The van der Waals surface area contributed by atoms with Gasteiger partial charge in [-0.1, -0.05) is 12.1 Å². The Bertz CT molecular complexity index is 939. The molecule has 0 fully saturated rings. The molecule has 1 aliphatic heterocycles. The lowest BCUT2D eigenvalue weighted by atomic mass is 9.99. The van der Waals surface area contributed by atoms with Crippen LogP contribution in [0.25, 0.3) is 0 Å². The molecule has 3 rings (SSSR count). The van der Waals surface area contributed by atoms with Gasteiger partial charge in [0.2, 0.25) is 5.88 Å². The summed E-state index contributed by atoms with van der Waals surface area (Å²) in [6.07, 6.45) is 0.444. The molecule has 3 N–H and O–H groups in total. The van der Waals surface area contributed by atoms with Crippen molar-refractivity contribution in [3.63, 3.8) is 0 Å². The molecule has 0 saturated heterocycles.